The van der Waals surface area contributed by atoms with Crippen molar-refractivity contribution < 1.29 is 4.74 Å². The van der Waals surface area contributed by atoms with E-state index in [1.54, 1.807) is 4.40 Å². The minimum absolute atomic E-state index is 0.0827. The monoisotopic (exact) mass is 496 g/mol. The van der Waals surface area contributed by atoms with Crippen LogP contribution in [0.5, 0.6) is 5.75 Å². The van der Waals surface area contributed by atoms with Gasteiger partial charge in [-0.1, -0.05) is 69.2 Å². The fraction of sp³-hybridized carbons (Fsp3) is 0.0435. The first-order valence-corrected chi connectivity index (χ1v) is 11.2. The second-order valence-corrected chi connectivity index (χ2v) is 9.03. The molecule has 3 aromatic carbocycles. The summed E-state index contributed by atoms with van der Waals surface area (Å²) in [4.78, 5) is 18.3. The minimum Gasteiger partial charge on any atom is -0.488 e. The van der Waals surface area contributed by atoms with Crippen LogP contribution in [0, 0.1) is 0 Å². The second kappa shape index (κ2) is 7.87. The zero-order valence-electron chi connectivity index (χ0n) is 15.5. The van der Waals surface area contributed by atoms with Crippen LogP contribution in [0.3, 0.4) is 0 Å². The molecule has 148 valence electrons. The number of fused-ring (bicyclic) bond motifs is 3. The van der Waals surface area contributed by atoms with Crippen LogP contribution in [0.15, 0.2) is 76.0 Å². The summed E-state index contributed by atoms with van der Waals surface area (Å²) in [5.74, 6) is 0.674. The summed E-state index contributed by atoms with van der Waals surface area (Å²) in [5, 5.41) is 0.661. The van der Waals surface area contributed by atoms with Crippen LogP contribution in [0.4, 0.5) is 0 Å². The molecular formula is C23H14BrClN2O2S. The number of hydrogen-bond acceptors (Lipinski definition) is 4. The molecule has 0 saturated heterocycles. The average Bonchev–Trinajstić information content (AvgIpc) is 3.25. The number of nitrogens with zero attached hydrogens (tertiary/aromatic N) is 2. The fourth-order valence-electron chi connectivity index (χ4n) is 3.29. The third-order valence-corrected chi connectivity index (χ3v) is 6.58. The summed E-state index contributed by atoms with van der Waals surface area (Å²) in [6.45, 7) is 0.338. The van der Waals surface area contributed by atoms with Crippen LogP contribution in [0.1, 0.15) is 11.1 Å². The van der Waals surface area contributed by atoms with Gasteiger partial charge in [-0.15, -0.1) is 0 Å². The minimum atomic E-state index is -0.0827. The van der Waals surface area contributed by atoms with Crippen molar-refractivity contribution in [3.8, 4) is 5.75 Å². The van der Waals surface area contributed by atoms with Gasteiger partial charge in [0.05, 0.1) is 15.6 Å². The van der Waals surface area contributed by atoms with Crippen LogP contribution in [-0.2, 0) is 6.61 Å². The lowest BCUT2D eigenvalue weighted by Crippen LogP contribution is -2.22. The highest BCUT2D eigenvalue weighted by molar-refractivity contribution is 9.10. The van der Waals surface area contributed by atoms with E-state index in [0.29, 0.717) is 26.9 Å². The predicted molar refractivity (Wildman–Crippen MR) is 126 cm³/mol. The van der Waals surface area contributed by atoms with E-state index in [4.69, 9.17) is 16.3 Å². The van der Waals surface area contributed by atoms with Crippen molar-refractivity contribution in [1.29, 1.82) is 0 Å². The Bertz CT molecular complexity index is 1510. The molecule has 2 heterocycles. The maximum Gasteiger partial charge on any atom is 0.274 e. The van der Waals surface area contributed by atoms with Crippen molar-refractivity contribution in [2.24, 2.45) is 0 Å². The average molecular weight is 498 g/mol. The standard InChI is InChI=1S/C23H14BrClN2O2S/c24-16-9-10-20(29-13-14-5-1-2-6-17(14)25)15(11-16)12-21-22(28)27-19-8-4-3-7-18(19)26-23(27)30-21/h1-12H,13H2. The Morgan fingerprint density at radius 2 is 1.90 bits per heavy atom. The number of rotatable bonds is 4. The summed E-state index contributed by atoms with van der Waals surface area (Å²) in [6.07, 6.45) is 1.85. The molecule has 30 heavy (non-hydrogen) atoms. The van der Waals surface area contributed by atoms with E-state index in [1.165, 1.54) is 11.3 Å². The summed E-state index contributed by atoms with van der Waals surface area (Å²) < 4.78 is 9.20. The highest BCUT2D eigenvalue weighted by Gasteiger charge is 2.12. The van der Waals surface area contributed by atoms with E-state index in [0.717, 1.165) is 26.6 Å². The molecule has 0 atom stereocenters. The molecule has 0 fully saturated rings. The lowest BCUT2D eigenvalue weighted by Gasteiger charge is -2.10. The Kier molecular flexibility index (Phi) is 5.06. The Labute approximate surface area is 189 Å². The first-order chi connectivity index (χ1) is 14.6. The van der Waals surface area contributed by atoms with Crippen LogP contribution in [-0.4, -0.2) is 9.38 Å². The topological polar surface area (TPSA) is 43.6 Å². The smallest absolute Gasteiger partial charge is 0.274 e. The van der Waals surface area contributed by atoms with E-state index < -0.39 is 0 Å². The zero-order chi connectivity index (χ0) is 20.7. The van der Waals surface area contributed by atoms with Gasteiger partial charge >= 0.3 is 0 Å². The zero-order valence-corrected chi connectivity index (χ0v) is 18.7. The first-order valence-electron chi connectivity index (χ1n) is 9.17. The number of para-hydroxylation sites is 2. The Balaban J connectivity index is 1.58. The molecule has 4 nitrogen and oxygen atoms in total. The lowest BCUT2D eigenvalue weighted by atomic mass is 10.2. The van der Waals surface area contributed by atoms with Crippen molar-refractivity contribution >= 4 is 60.9 Å². The van der Waals surface area contributed by atoms with Gasteiger partial charge in [0, 0.05) is 20.6 Å². The number of aromatic nitrogens is 2. The number of imidazole rings is 1. The summed E-state index contributed by atoms with van der Waals surface area (Å²) in [7, 11) is 0. The molecule has 0 aliphatic rings. The van der Waals surface area contributed by atoms with Gasteiger partial charge in [-0.25, -0.2) is 9.38 Å². The SMILES string of the molecule is O=c1c(=Cc2cc(Br)ccc2OCc2ccccc2Cl)sc2nc3ccccc3n12. The van der Waals surface area contributed by atoms with Crippen LogP contribution < -0.4 is 14.8 Å². The third-order valence-electron chi connectivity index (χ3n) is 4.74. The number of hydrogen-bond donors (Lipinski definition) is 0. The number of ether oxygens (including phenoxy) is 1. The van der Waals surface area contributed by atoms with Crippen molar-refractivity contribution in [3.05, 3.63) is 102 Å². The van der Waals surface area contributed by atoms with Crippen molar-refractivity contribution in [2.75, 3.05) is 0 Å². The van der Waals surface area contributed by atoms with Crippen LogP contribution in [0.25, 0.3) is 22.1 Å². The van der Waals surface area contributed by atoms with Crippen molar-refractivity contribution in [3.63, 3.8) is 0 Å². The maximum atomic E-state index is 13.1. The normalized spacial score (nSPS) is 12.1. The van der Waals surface area contributed by atoms with E-state index in [1.807, 2.05) is 72.8 Å². The number of halogens is 2. The van der Waals surface area contributed by atoms with Gasteiger partial charge in [0.25, 0.3) is 5.56 Å². The summed E-state index contributed by atoms with van der Waals surface area (Å²) in [5.41, 5.74) is 3.26. The van der Waals surface area contributed by atoms with E-state index >= 15 is 0 Å². The molecule has 0 bridgehead atoms. The molecule has 5 aromatic rings. The van der Waals surface area contributed by atoms with E-state index in [9.17, 15) is 4.79 Å². The Morgan fingerprint density at radius 1 is 1.10 bits per heavy atom. The van der Waals surface area contributed by atoms with Crippen LogP contribution >= 0.6 is 38.9 Å². The van der Waals surface area contributed by atoms with Gasteiger partial charge in [-0.2, -0.15) is 0 Å². The molecule has 0 amide bonds. The number of thiazole rings is 1. The van der Waals surface area contributed by atoms with Gasteiger partial charge < -0.3 is 4.74 Å². The van der Waals surface area contributed by atoms with Crippen molar-refractivity contribution in [1.82, 2.24) is 9.38 Å². The molecule has 0 aliphatic carbocycles. The Morgan fingerprint density at radius 3 is 2.77 bits per heavy atom. The molecule has 0 saturated carbocycles. The quantitative estimate of drug-likeness (QED) is 0.331. The van der Waals surface area contributed by atoms with E-state index in [-0.39, 0.29) is 5.56 Å². The molecule has 0 radical (unpaired) electrons. The number of benzene rings is 3. The van der Waals surface area contributed by atoms with Gasteiger partial charge in [0.1, 0.15) is 12.4 Å². The van der Waals surface area contributed by atoms with Gasteiger partial charge in [0.15, 0.2) is 4.96 Å². The fourth-order valence-corrected chi connectivity index (χ4v) is 4.83. The second-order valence-electron chi connectivity index (χ2n) is 6.70. The van der Waals surface area contributed by atoms with Gasteiger partial charge in [-0.05, 0) is 42.5 Å². The largest absolute Gasteiger partial charge is 0.488 e. The third kappa shape index (κ3) is 3.51. The highest BCUT2D eigenvalue weighted by Crippen LogP contribution is 2.26. The van der Waals surface area contributed by atoms with Gasteiger partial charge in [0.2, 0.25) is 0 Å². The molecule has 0 spiro atoms. The first kappa shape index (κ1) is 19.3. The molecule has 0 aliphatic heterocycles. The van der Waals surface area contributed by atoms with Crippen LogP contribution in [0.2, 0.25) is 5.02 Å². The lowest BCUT2D eigenvalue weighted by molar-refractivity contribution is 0.305. The molecule has 7 heteroatoms. The molecule has 2 aromatic heterocycles. The molecular weight excluding hydrogens is 484 g/mol. The highest BCUT2D eigenvalue weighted by atomic mass is 79.9. The maximum absolute atomic E-state index is 13.1. The van der Waals surface area contributed by atoms with Crippen molar-refractivity contribution in [2.45, 2.75) is 6.61 Å². The predicted octanol–water partition coefficient (Wildman–Crippen LogP) is 5.45. The molecule has 0 unspecified atom stereocenters. The summed E-state index contributed by atoms with van der Waals surface area (Å²) in [6, 6.07) is 20.9. The molecule has 0 N–H and O–H groups in total. The summed E-state index contributed by atoms with van der Waals surface area (Å²) >= 11 is 11.1. The molecule has 5 rings (SSSR count). The van der Waals surface area contributed by atoms with E-state index in [2.05, 4.69) is 20.9 Å². The Hall–Kier alpha value is -2.67. The van der Waals surface area contributed by atoms with Gasteiger partial charge in [-0.3, -0.25) is 4.79 Å².